The molecular weight excluding hydrogens is 272 g/mol. The molecule has 4 nitrogen and oxygen atoms in total. The van der Waals surface area contributed by atoms with Crippen molar-refractivity contribution >= 4 is 21.8 Å². The van der Waals surface area contributed by atoms with Crippen molar-refractivity contribution in [3.63, 3.8) is 0 Å². The van der Waals surface area contributed by atoms with Gasteiger partial charge in [-0.25, -0.2) is 0 Å². The lowest BCUT2D eigenvalue weighted by Gasteiger charge is -2.33. The third-order valence-corrected chi connectivity index (χ3v) is 3.50. The van der Waals surface area contributed by atoms with E-state index in [-0.39, 0.29) is 5.91 Å². The summed E-state index contributed by atoms with van der Waals surface area (Å²) in [6, 6.07) is 3.72. The topological polar surface area (TPSA) is 65.2 Å². The van der Waals surface area contributed by atoms with Gasteiger partial charge in [-0.15, -0.1) is 0 Å². The van der Waals surface area contributed by atoms with Crippen LogP contribution in [0.15, 0.2) is 22.8 Å². The van der Waals surface area contributed by atoms with E-state index in [4.69, 9.17) is 10.5 Å². The lowest BCUT2D eigenvalue weighted by molar-refractivity contribution is -0.127. The van der Waals surface area contributed by atoms with Crippen LogP contribution in [-0.4, -0.2) is 24.1 Å². The van der Waals surface area contributed by atoms with Gasteiger partial charge in [-0.1, -0.05) is 0 Å². The molecular formula is C11H13BrN2O2. The molecule has 0 spiro atoms. The summed E-state index contributed by atoms with van der Waals surface area (Å²) >= 11 is 3.32. The van der Waals surface area contributed by atoms with E-state index >= 15 is 0 Å². The zero-order valence-electron chi connectivity index (χ0n) is 8.78. The fourth-order valence-corrected chi connectivity index (χ4v) is 2.24. The van der Waals surface area contributed by atoms with Crippen molar-refractivity contribution in [2.24, 2.45) is 5.73 Å². The number of carbonyl (C=O) groups is 1. The van der Waals surface area contributed by atoms with Crippen molar-refractivity contribution in [2.45, 2.75) is 18.3 Å². The van der Waals surface area contributed by atoms with E-state index in [9.17, 15) is 4.79 Å². The van der Waals surface area contributed by atoms with Gasteiger partial charge in [0.25, 0.3) is 0 Å². The van der Waals surface area contributed by atoms with Crippen LogP contribution >= 0.6 is 15.9 Å². The van der Waals surface area contributed by atoms with Crippen molar-refractivity contribution in [3.8, 4) is 0 Å². The van der Waals surface area contributed by atoms with Crippen LogP contribution in [0.1, 0.15) is 18.5 Å². The van der Waals surface area contributed by atoms with Crippen LogP contribution in [0.5, 0.6) is 0 Å². The molecule has 2 rings (SSSR count). The number of carbonyl (C=O) groups excluding carboxylic acids is 1. The van der Waals surface area contributed by atoms with Crippen molar-refractivity contribution in [3.05, 3.63) is 28.5 Å². The summed E-state index contributed by atoms with van der Waals surface area (Å²) < 4.78 is 6.17. The van der Waals surface area contributed by atoms with Crippen molar-refractivity contribution in [2.75, 3.05) is 13.2 Å². The molecule has 1 aromatic rings. The molecule has 5 heteroatoms. The van der Waals surface area contributed by atoms with Gasteiger partial charge in [0.2, 0.25) is 5.91 Å². The third-order valence-electron chi connectivity index (χ3n) is 3.04. The Hall–Kier alpha value is -0.940. The van der Waals surface area contributed by atoms with Crippen LogP contribution in [-0.2, 0) is 14.9 Å². The molecule has 0 atom stereocenters. The normalized spacial score (nSPS) is 19.3. The number of halogens is 1. The van der Waals surface area contributed by atoms with E-state index < -0.39 is 5.41 Å². The van der Waals surface area contributed by atoms with E-state index in [1.54, 1.807) is 6.20 Å². The molecule has 2 heterocycles. The van der Waals surface area contributed by atoms with Crippen molar-refractivity contribution in [1.82, 2.24) is 4.98 Å². The molecule has 1 aliphatic rings. The van der Waals surface area contributed by atoms with Gasteiger partial charge in [0.05, 0.1) is 11.1 Å². The van der Waals surface area contributed by atoms with E-state index in [0.29, 0.717) is 26.1 Å². The number of hydrogen-bond donors (Lipinski definition) is 1. The molecule has 0 unspecified atom stereocenters. The standard InChI is InChI=1S/C11H13BrN2O2/c12-8-1-2-9(14-7-8)11(10(13)15)3-5-16-6-4-11/h1-2,7H,3-6H2,(H2,13,15). The van der Waals surface area contributed by atoms with Crippen molar-refractivity contribution < 1.29 is 9.53 Å². The molecule has 1 fully saturated rings. The second-order valence-electron chi connectivity index (χ2n) is 3.92. The van der Waals surface area contributed by atoms with Gasteiger partial charge in [0, 0.05) is 23.9 Å². The number of nitrogens with two attached hydrogens (primary N) is 1. The minimum atomic E-state index is -0.654. The highest BCUT2D eigenvalue weighted by Gasteiger charge is 2.41. The summed E-state index contributed by atoms with van der Waals surface area (Å²) in [4.78, 5) is 16.0. The summed E-state index contributed by atoms with van der Waals surface area (Å²) in [5.74, 6) is -0.314. The fraction of sp³-hybridized carbons (Fsp3) is 0.455. The first-order valence-electron chi connectivity index (χ1n) is 5.15. The summed E-state index contributed by atoms with van der Waals surface area (Å²) in [5.41, 5.74) is 5.61. The molecule has 16 heavy (non-hydrogen) atoms. The molecule has 0 aliphatic carbocycles. The first-order chi connectivity index (χ1) is 7.65. The zero-order chi connectivity index (χ0) is 11.6. The van der Waals surface area contributed by atoms with Crippen LogP contribution in [0.4, 0.5) is 0 Å². The van der Waals surface area contributed by atoms with Crippen LogP contribution in [0.25, 0.3) is 0 Å². The highest BCUT2D eigenvalue weighted by Crippen LogP contribution is 2.33. The lowest BCUT2D eigenvalue weighted by atomic mass is 9.76. The zero-order valence-corrected chi connectivity index (χ0v) is 10.4. The lowest BCUT2D eigenvalue weighted by Crippen LogP contribution is -2.46. The Bertz CT molecular complexity index is 385. The first-order valence-corrected chi connectivity index (χ1v) is 5.94. The predicted octanol–water partition coefficient (Wildman–Crippen LogP) is 1.38. The van der Waals surface area contributed by atoms with E-state index in [1.807, 2.05) is 12.1 Å². The molecule has 1 aliphatic heterocycles. The number of rotatable bonds is 2. The SMILES string of the molecule is NC(=O)C1(c2ccc(Br)cn2)CCOCC1. The summed E-state index contributed by atoms with van der Waals surface area (Å²) in [5, 5.41) is 0. The monoisotopic (exact) mass is 284 g/mol. The largest absolute Gasteiger partial charge is 0.381 e. The maximum absolute atomic E-state index is 11.7. The van der Waals surface area contributed by atoms with Crippen LogP contribution in [0.3, 0.4) is 0 Å². The molecule has 86 valence electrons. The number of aromatic nitrogens is 1. The number of nitrogens with zero attached hydrogens (tertiary/aromatic N) is 1. The molecule has 0 aromatic carbocycles. The molecule has 1 saturated heterocycles. The fourth-order valence-electron chi connectivity index (χ4n) is 2.01. The Morgan fingerprint density at radius 2 is 2.12 bits per heavy atom. The summed E-state index contributed by atoms with van der Waals surface area (Å²) in [6.07, 6.45) is 2.91. The van der Waals surface area contributed by atoms with E-state index in [0.717, 1.165) is 10.2 Å². The Morgan fingerprint density at radius 3 is 2.62 bits per heavy atom. The van der Waals surface area contributed by atoms with Gasteiger partial charge in [0.15, 0.2) is 0 Å². The van der Waals surface area contributed by atoms with Gasteiger partial charge in [-0.3, -0.25) is 9.78 Å². The summed E-state index contributed by atoms with van der Waals surface area (Å²) in [6.45, 7) is 1.11. The Balaban J connectivity index is 2.38. The Labute approximate surface area is 102 Å². The highest BCUT2D eigenvalue weighted by molar-refractivity contribution is 9.10. The number of pyridine rings is 1. The Kier molecular flexibility index (Phi) is 3.25. The minimum absolute atomic E-state index is 0.314. The molecule has 2 N–H and O–H groups in total. The maximum Gasteiger partial charge on any atom is 0.229 e. The van der Waals surface area contributed by atoms with Gasteiger partial charge < -0.3 is 10.5 Å². The second-order valence-corrected chi connectivity index (χ2v) is 4.84. The van der Waals surface area contributed by atoms with Gasteiger partial charge >= 0.3 is 0 Å². The molecule has 0 saturated carbocycles. The van der Waals surface area contributed by atoms with E-state index in [2.05, 4.69) is 20.9 Å². The predicted molar refractivity (Wildman–Crippen MR) is 62.9 cm³/mol. The smallest absolute Gasteiger partial charge is 0.229 e. The van der Waals surface area contributed by atoms with Gasteiger partial charge in [0.1, 0.15) is 0 Å². The Morgan fingerprint density at radius 1 is 1.44 bits per heavy atom. The first kappa shape index (κ1) is 11.5. The quantitative estimate of drug-likeness (QED) is 0.892. The van der Waals surface area contributed by atoms with Crippen LogP contribution < -0.4 is 5.73 Å². The second kappa shape index (κ2) is 4.51. The van der Waals surface area contributed by atoms with Gasteiger partial charge in [-0.05, 0) is 40.9 Å². The highest BCUT2D eigenvalue weighted by atomic mass is 79.9. The number of hydrogen-bond acceptors (Lipinski definition) is 3. The van der Waals surface area contributed by atoms with Gasteiger partial charge in [-0.2, -0.15) is 0 Å². The molecule has 1 amide bonds. The molecule has 1 aromatic heterocycles. The number of primary amides is 1. The average molecular weight is 285 g/mol. The summed E-state index contributed by atoms with van der Waals surface area (Å²) in [7, 11) is 0. The number of ether oxygens (including phenoxy) is 1. The van der Waals surface area contributed by atoms with E-state index in [1.165, 1.54) is 0 Å². The van der Waals surface area contributed by atoms with Crippen LogP contribution in [0, 0.1) is 0 Å². The third kappa shape index (κ3) is 1.97. The minimum Gasteiger partial charge on any atom is -0.381 e. The van der Waals surface area contributed by atoms with Crippen LogP contribution in [0.2, 0.25) is 0 Å². The van der Waals surface area contributed by atoms with Crippen molar-refractivity contribution in [1.29, 1.82) is 0 Å². The molecule has 0 radical (unpaired) electrons. The number of amides is 1. The molecule has 0 bridgehead atoms. The maximum atomic E-state index is 11.7. The average Bonchev–Trinajstić information content (AvgIpc) is 2.30.